The Morgan fingerprint density at radius 1 is 1.37 bits per heavy atom. The first kappa shape index (κ1) is 16.1. The number of carbonyl (C=O) groups is 1. The second-order valence-electron chi connectivity index (χ2n) is 4.59. The van der Waals surface area contributed by atoms with E-state index in [4.69, 9.17) is 4.74 Å². The second-order valence-corrected chi connectivity index (χ2v) is 5.60. The second kappa shape index (κ2) is 8.24. The number of anilines is 1. The molecule has 1 aromatic rings. The summed E-state index contributed by atoms with van der Waals surface area (Å²) < 4.78 is 5.07. The van der Waals surface area contributed by atoms with Gasteiger partial charge in [-0.2, -0.15) is 0 Å². The van der Waals surface area contributed by atoms with Crippen molar-refractivity contribution in [3.63, 3.8) is 0 Å². The number of hydrogen-bond acceptors (Lipinski definition) is 6. The van der Waals surface area contributed by atoms with Crippen LogP contribution in [-0.4, -0.2) is 57.0 Å². The summed E-state index contributed by atoms with van der Waals surface area (Å²) in [5.74, 6) is 0. The van der Waals surface area contributed by atoms with Gasteiger partial charge in [-0.3, -0.25) is 4.79 Å². The van der Waals surface area contributed by atoms with E-state index in [1.165, 1.54) is 11.3 Å². The average Bonchev–Trinajstić information content (AvgIpc) is 2.78. The molecule has 0 unspecified atom stereocenters. The van der Waals surface area contributed by atoms with Gasteiger partial charge in [-0.15, -0.1) is 0 Å². The first-order chi connectivity index (χ1) is 9.12. The third-order valence-electron chi connectivity index (χ3n) is 2.79. The molecule has 0 aliphatic rings. The summed E-state index contributed by atoms with van der Waals surface area (Å²) in [6, 6.07) is 0. The maximum absolute atomic E-state index is 11.0. The van der Waals surface area contributed by atoms with Crippen molar-refractivity contribution < 1.29 is 9.53 Å². The van der Waals surface area contributed by atoms with E-state index in [0.29, 0.717) is 11.5 Å². The van der Waals surface area contributed by atoms with E-state index in [0.717, 1.165) is 43.2 Å². The number of nitrogens with zero attached hydrogens (tertiary/aromatic N) is 3. The van der Waals surface area contributed by atoms with E-state index in [9.17, 15) is 4.79 Å². The fourth-order valence-corrected chi connectivity index (χ4v) is 2.76. The van der Waals surface area contributed by atoms with Gasteiger partial charge in [-0.1, -0.05) is 11.3 Å². The molecule has 19 heavy (non-hydrogen) atoms. The summed E-state index contributed by atoms with van der Waals surface area (Å²) in [6.45, 7) is 5.39. The van der Waals surface area contributed by atoms with Crippen LogP contribution in [0.25, 0.3) is 0 Å². The van der Waals surface area contributed by atoms with Gasteiger partial charge in [0.1, 0.15) is 0 Å². The minimum Gasteiger partial charge on any atom is -0.378 e. The van der Waals surface area contributed by atoms with Crippen LogP contribution in [0.2, 0.25) is 0 Å². The number of hydrogen-bond donors (Lipinski definition) is 0. The average molecular weight is 285 g/mol. The Hall–Kier alpha value is -0.980. The van der Waals surface area contributed by atoms with Crippen molar-refractivity contribution in [1.82, 2.24) is 9.88 Å². The fraction of sp³-hybridized carbons (Fsp3) is 0.692. The van der Waals surface area contributed by atoms with E-state index in [-0.39, 0.29) is 0 Å². The Balaban J connectivity index is 2.71. The highest BCUT2D eigenvalue weighted by Gasteiger charge is 2.14. The third kappa shape index (κ3) is 4.89. The summed E-state index contributed by atoms with van der Waals surface area (Å²) in [4.78, 5) is 20.6. The van der Waals surface area contributed by atoms with Crippen molar-refractivity contribution in [1.29, 1.82) is 0 Å². The summed E-state index contributed by atoms with van der Waals surface area (Å²) in [7, 11) is 5.75. The van der Waals surface area contributed by atoms with Gasteiger partial charge in [-0.25, -0.2) is 4.98 Å². The van der Waals surface area contributed by atoms with Crippen LogP contribution in [0.4, 0.5) is 5.13 Å². The highest BCUT2D eigenvalue weighted by molar-refractivity contribution is 7.17. The minimum absolute atomic E-state index is 0.389. The van der Waals surface area contributed by atoms with Gasteiger partial charge in [0.2, 0.25) is 0 Å². The monoisotopic (exact) mass is 285 g/mol. The van der Waals surface area contributed by atoms with Gasteiger partial charge >= 0.3 is 0 Å². The molecular formula is C13H23N3O2S. The van der Waals surface area contributed by atoms with Crippen molar-refractivity contribution >= 4 is 22.8 Å². The Labute approximate surface area is 119 Å². The zero-order chi connectivity index (χ0) is 14.3. The number of aldehydes is 1. The van der Waals surface area contributed by atoms with E-state index >= 15 is 0 Å². The van der Waals surface area contributed by atoms with Crippen LogP contribution in [0.15, 0.2) is 0 Å². The van der Waals surface area contributed by atoms with Crippen LogP contribution in [0.5, 0.6) is 0 Å². The molecule has 0 amide bonds. The Morgan fingerprint density at radius 3 is 2.63 bits per heavy atom. The zero-order valence-electron chi connectivity index (χ0n) is 12.2. The number of aromatic nitrogens is 1. The van der Waals surface area contributed by atoms with Crippen LogP contribution in [0.3, 0.4) is 0 Å². The minimum atomic E-state index is 0.389. The maximum atomic E-state index is 11.0. The standard InChI is InChI=1S/C13H23N3O2S/c1-5-16(8-6-7-15(2)3)13-14-11(10-18-4)12(9-17)19-13/h9H,5-8,10H2,1-4H3. The molecule has 1 heterocycles. The van der Waals surface area contributed by atoms with Crippen LogP contribution in [0.1, 0.15) is 28.7 Å². The third-order valence-corrected chi connectivity index (χ3v) is 3.87. The Bertz CT molecular complexity index is 393. The summed E-state index contributed by atoms with van der Waals surface area (Å²) in [5, 5.41) is 0.912. The molecule has 108 valence electrons. The Morgan fingerprint density at radius 2 is 2.11 bits per heavy atom. The molecule has 0 aliphatic heterocycles. The SMILES string of the molecule is CCN(CCCN(C)C)c1nc(COC)c(C=O)s1. The predicted molar refractivity (Wildman–Crippen MR) is 79.3 cm³/mol. The number of thiazole rings is 1. The molecular weight excluding hydrogens is 262 g/mol. The molecule has 5 nitrogen and oxygen atoms in total. The molecule has 0 aromatic carbocycles. The van der Waals surface area contributed by atoms with Crippen molar-refractivity contribution in [2.24, 2.45) is 0 Å². The van der Waals surface area contributed by atoms with Crippen LogP contribution >= 0.6 is 11.3 Å². The van der Waals surface area contributed by atoms with Gasteiger partial charge in [0, 0.05) is 20.2 Å². The first-order valence-corrected chi connectivity index (χ1v) is 7.27. The van der Waals surface area contributed by atoms with Gasteiger partial charge in [0.25, 0.3) is 0 Å². The lowest BCUT2D eigenvalue weighted by atomic mass is 10.3. The molecule has 0 aliphatic carbocycles. The molecule has 0 atom stereocenters. The molecule has 0 fully saturated rings. The van der Waals surface area contributed by atoms with E-state index in [1.54, 1.807) is 7.11 Å². The molecule has 0 saturated carbocycles. The van der Waals surface area contributed by atoms with E-state index < -0.39 is 0 Å². The van der Waals surface area contributed by atoms with Gasteiger partial charge in [-0.05, 0) is 34.0 Å². The lowest BCUT2D eigenvalue weighted by Gasteiger charge is -2.20. The van der Waals surface area contributed by atoms with Gasteiger partial charge in [0.05, 0.1) is 17.2 Å². The number of rotatable bonds is 9. The molecule has 0 bridgehead atoms. The molecule has 0 radical (unpaired) electrons. The van der Waals surface area contributed by atoms with Crippen LogP contribution < -0.4 is 4.90 Å². The van der Waals surface area contributed by atoms with Crippen molar-refractivity contribution in [3.8, 4) is 0 Å². The largest absolute Gasteiger partial charge is 0.378 e. The molecule has 1 rings (SSSR count). The molecule has 0 spiro atoms. The molecule has 0 N–H and O–H groups in total. The van der Waals surface area contributed by atoms with Crippen molar-refractivity contribution in [2.75, 3.05) is 45.7 Å². The number of carbonyl (C=O) groups excluding carboxylic acids is 1. The lowest BCUT2D eigenvalue weighted by Crippen LogP contribution is -2.26. The van der Waals surface area contributed by atoms with E-state index in [2.05, 4.69) is 35.8 Å². The maximum Gasteiger partial charge on any atom is 0.186 e. The summed E-state index contributed by atoms with van der Waals surface area (Å²) >= 11 is 1.44. The normalized spacial score (nSPS) is 11.0. The topological polar surface area (TPSA) is 45.7 Å². The molecule has 1 aromatic heterocycles. The number of methoxy groups -OCH3 is 1. The predicted octanol–water partition coefficient (Wildman–Crippen LogP) is 1.88. The smallest absolute Gasteiger partial charge is 0.186 e. The molecule has 0 saturated heterocycles. The quantitative estimate of drug-likeness (QED) is 0.648. The van der Waals surface area contributed by atoms with Crippen LogP contribution in [0, 0.1) is 0 Å². The number of ether oxygens (including phenoxy) is 1. The molecule has 6 heteroatoms. The van der Waals surface area contributed by atoms with Crippen molar-refractivity contribution in [3.05, 3.63) is 10.6 Å². The van der Waals surface area contributed by atoms with Gasteiger partial charge < -0.3 is 14.5 Å². The highest BCUT2D eigenvalue weighted by Crippen LogP contribution is 2.25. The lowest BCUT2D eigenvalue weighted by molar-refractivity contribution is 0.112. The zero-order valence-corrected chi connectivity index (χ0v) is 13.0. The first-order valence-electron chi connectivity index (χ1n) is 6.45. The van der Waals surface area contributed by atoms with Crippen molar-refractivity contribution in [2.45, 2.75) is 20.0 Å². The Kier molecular flexibility index (Phi) is 6.97. The fourth-order valence-electron chi connectivity index (χ4n) is 1.78. The summed E-state index contributed by atoms with van der Waals surface area (Å²) in [5.41, 5.74) is 0.739. The highest BCUT2D eigenvalue weighted by atomic mass is 32.1. The van der Waals surface area contributed by atoms with Gasteiger partial charge in [0.15, 0.2) is 11.4 Å². The summed E-state index contributed by atoms with van der Waals surface area (Å²) in [6.07, 6.45) is 1.94. The van der Waals surface area contributed by atoms with Crippen LogP contribution in [-0.2, 0) is 11.3 Å². The van der Waals surface area contributed by atoms with E-state index in [1.807, 2.05) is 0 Å².